The van der Waals surface area contributed by atoms with Crippen molar-refractivity contribution >= 4 is 34.2 Å². The number of hydrogen-bond acceptors (Lipinski definition) is 4. The lowest BCUT2D eigenvalue weighted by atomic mass is 10.4. The van der Waals surface area contributed by atoms with Gasteiger partial charge in [0.05, 0.1) is 5.75 Å². The summed E-state index contributed by atoms with van der Waals surface area (Å²) in [6.45, 7) is 0. The molecular formula is C7H6N2S2. The highest BCUT2D eigenvalue weighted by Crippen LogP contribution is 2.17. The summed E-state index contributed by atoms with van der Waals surface area (Å²) in [5.41, 5.74) is 0. The highest BCUT2D eigenvalue weighted by Gasteiger charge is 1.97. The summed E-state index contributed by atoms with van der Waals surface area (Å²) in [6, 6.07) is 2.02. The highest BCUT2D eigenvalue weighted by atomic mass is 32.1. The van der Waals surface area contributed by atoms with E-state index in [1.165, 1.54) is 0 Å². The van der Waals surface area contributed by atoms with Crippen LogP contribution >= 0.6 is 24.0 Å². The van der Waals surface area contributed by atoms with E-state index < -0.39 is 0 Å². The molecule has 0 unspecified atom stereocenters. The normalized spacial score (nSPS) is 10.6. The Labute approximate surface area is 73.7 Å². The average Bonchev–Trinajstić information content (AvgIpc) is 2.50. The maximum absolute atomic E-state index is 4.28. The van der Waals surface area contributed by atoms with Crippen LogP contribution in [0.3, 0.4) is 0 Å². The Bertz CT molecular complexity index is 369. The fourth-order valence-corrected chi connectivity index (χ4v) is 1.78. The lowest BCUT2D eigenvalue weighted by Gasteiger charge is -1.92. The predicted octanol–water partition coefficient (Wildman–Crippen LogP) is 2.12. The van der Waals surface area contributed by atoms with E-state index in [1.807, 2.05) is 17.6 Å². The molecule has 0 aliphatic heterocycles. The summed E-state index contributed by atoms with van der Waals surface area (Å²) in [5.74, 6) is 1.40. The van der Waals surface area contributed by atoms with Crippen LogP contribution in [0.25, 0.3) is 10.2 Å². The topological polar surface area (TPSA) is 25.8 Å². The Morgan fingerprint density at radius 3 is 3.27 bits per heavy atom. The summed E-state index contributed by atoms with van der Waals surface area (Å²) in [6.07, 6.45) is 1.84. The van der Waals surface area contributed by atoms with Crippen molar-refractivity contribution in [2.24, 2.45) is 0 Å². The van der Waals surface area contributed by atoms with E-state index in [0.717, 1.165) is 16.0 Å². The van der Waals surface area contributed by atoms with Crippen LogP contribution in [0.1, 0.15) is 5.82 Å². The van der Waals surface area contributed by atoms with E-state index in [2.05, 4.69) is 22.6 Å². The van der Waals surface area contributed by atoms with Gasteiger partial charge in [-0.15, -0.1) is 11.3 Å². The molecule has 0 fully saturated rings. The molecule has 0 radical (unpaired) electrons. The number of aromatic nitrogens is 2. The molecule has 0 saturated carbocycles. The maximum Gasteiger partial charge on any atom is 0.139 e. The van der Waals surface area contributed by atoms with Crippen molar-refractivity contribution in [3.8, 4) is 0 Å². The summed E-state index contributed by atoms with van der Waals surface area (Å²) in [7, 11) is 0. The van der Waals surface area contributed by atoms with Gasteiger partial charge in [-0.25, -0.2) is 9.97 Å². The molecule has 0 aliphatic rings. The first-order valence-corrected chi connectivity index (χ1v) is 4.71. The lowest BCUT2D eigenvalue weighted by Crippen LogP contribution is -1.87. The molecule has 0 amide bonds. The Morgan fingerprint density at radius 2 is 2.45 bits per heavy atom. The van der Waals surface area contributed by atoms with Crippen molar-refractivity contribution in [3.63, 3.8) is 0 Å². The monoisotopic (exact) mass is 182 g/mol. The largest absolute Gasteiger partial charge is 0.240 e. The number of rotatable bonds is 1. The van der Waals surface area contributed by atoms with Crippen molar-refractivity contribution in [3.05, 3.63) is 23.5 Å². The van der Waals surface area contributed by atoms with Crippen molar-refractivity contribution in [2.75, 3.05) is 0 Å². The molecule has 11 heavy (non-hydrogen) atoms. The second kappa shape index (κ2) is 2.79. The molecule has 0 atom stereocenters. The van der Waals surface area contributed by atoms with Gasteiger partial charge in [-0.2, -0.15) is 12.6 Å². The van der Waals surface area contributed by atoms with Crippen molar-refractivity contribution in [2.45, 2.75) is 5.75 Å². The van der Waals surface area contributed by atoms with Crippen molar-refractivity contribution in [1.82, 2.24) is 9.97 Å². The molecule has 0 N–H and O–H groups in total. The predicted molar refractivity (Wildman–Crippen MR) is 50.1 cm³/mol. The smallest absolute Gasteiger partial charge is 0.139 e. The van der Waals surface area contributed by atoms with Gasteiger partial charge in [-0.05, 0) is 11.4 Å². The zero-order valence-corrected chi connectivity index (χ0v) is 7.40. The third-order valence-corrected chi connectivity index (χ3v) is 2.50. The third-order valence-electron chi connectivity index (χ3n) is 1.40. The number of thiol groups is 1. The van der Waals surface area contributed by atoms with E-state index in [0.29, 0.717) is 5.75 Å². The number of hydrogen-bond donors (Lipinski definition) is 1. The SMILES string of the molecule is SCc1ncc2ccsc2n1. The minimum absolute atomic E-state index is 0.605. The Kier molecular flexibility index (Phi) is 1.79. The summed E-state index contributed by atoms with van der Waals surface area (Å²) in [4.78, 5) is 9.45. The van der Waals surface area contributed by atoms with Gasteiger partial charge in [-0.3, -0.25) is 0 Å². The third kappa shape index (κ3) is 1.23. The molecule has 56 valence electrons. The minimum atomic E-state index is 0.605. The van der Waals surface area contributed by atoms with Gasteiger partial charge in [0.25, 0.3) is 0 Å². The standard InChI is InChI=1S/C7H6N2S2/c10-4-6-8-3-5-1-2-11-7(5)9-6/h1-3,10H,4H2. The molecule has 0 saturated heterocycles. The van der Waals surface area contributed by atoms with Gasteiger partial charge in [0.2, 0.25) is 0 Å². The van der Waals surface area contributed by atoms with Crippen LogP contribution in [0.15, 0.2) is 17.6 Å². The summed E-state index contributed by atoms with van der Waals surface area (Å²) >= 11 is 5.73. The first kappa shape index (κ1) is 7.06. The quantitative estimate of drug-likeness (QED) is 0.684. The molecule has 2 aromatic heterocycles. The maximum atomic E-state index is 4.28. The summed E-state index contributed by atoms with van der Waals surface area (Å²) < 4.78 is 0. The molecule has 2 rings (SSSR count). The lowest BCUT2D eigenvalue weighted by molar-refractivity contribution is 1.08. The van der Waals surface area contributed by atoms with Crippen molar-refractivity contribution < 1.29 is 0 Å². The first-order chi connectivity index (χ1) is 5.40. The second-order valence-electron chi connectivity index (χ2n) is 2.13. The molecule has 2 heterocycles. The summed E-state index contributed by atoms with van der Waals surface area (Å²) in [5, 5.41) is 3.13. The van der Waals surface area contributed by atoms with Crippen LogP contribution < -0.4 is 0 Å². The van der Waals surface area contributed by atoms with E-state index in [9.17, 15) is 0 Å². The number of fused-ring (bicyclic) bond motifs is 1. The van der Waals surface area contributed by atoms with Crippen LogP contribution in [0.2, 0.25) is 0 Å². The Balaban J connectivity index is 2.67. The molecule has 4 heteroatoms. The number of thiophene rings is 1. The van der Waals surface area contributed by atoms with Gasteiger partial charge in [0.1, 0.15) is 10.7 Å². The molecule has 0 aliphatic carbocycles. The molecule has 0 spiro atoms. The van der Waals surface area contributed by atoms with Crippen LogP contribution in [0, 0.1) is 0 Å². The zero-order chi connectivity index (χ0) is 7.68. The number of nitrogens with zero attached hydrogens (tertiary/aromatic N) is 2. The van der Waals surface area contributed by atoms with Crippen LogP contribution in [-0.2, 0) is 5.75 Å². The van der Waals surface area contributed by atoms with Crippen LogP contribution in [-0.4, -0.2) is 9.97 Å². The van der Waals surface area contributed by atoms with E-state index in [1.54, 1.807) is 11.3 Å². The molecular weight excluding hydrogens is 176 g/mol. The van der Waals surface area contributed by atoms with Gasteiger partial charge < -0.3 is 0 Å². The fraction of sp³-hybridized carbons (Fsp3) is 0.143. The van der Waals surface area contributed by atoms with Crippen LogP contribution in [0.4, 0.5) is 0 Å². The van der Waals surface area contributed by atoms with Crippen LogP contribution in [0.5, 0.6) is 0 Å². The molecule has 0 aromatic carbocycles. The fourth-order valence-electron chi connectivity index (χ4n) is 0.867. The minimum Gasteiger partial charge on any atom is -0.240 e. The average molecular weight is 182 g/mol. The van der Waals surface area contributed by atoms with Gasteiger partial charge in [0, 0.05) is 11.6 Å². The highest BCUT2D eigenvalue weighted by molar-refractivity contribution is 7.79. The molecule has 2 aromatic rings. The van der Waals surface area contributed by atoms with Gasteiger partial charge in [0.15, 0.2) is 0 Å². The second-order valence-corrected chi connectivity index (χ2v) is 3.34. The zero-order valence-electron chi connectivity index (χ0n) is 5.69. The van der Waals surface area contributed by atoms with E-state index in [4.69, 9.17) is 0 Å². The van der Waals surface area contributed by atoms with E-state index >= 15 is 0 Å². The van der Waals surface area contributed by atoms with Gasteiger partial charge >= 0.3 is 0 Å². The van der Waals surface area contributed by atoms with Gasteiger partial charge in [-0.1, -0.05) is 0 Å². The molecule has 0 bridgehead atoms. The molecule has 2 nitrogen and oxygen atoms in total. The van der Waals surface area contributed by atoms with E-state index in [-0.39, 0.29) is 0 Å². The van der Waals surface area contributed by atoms with Crippen molar-refractivity contribution in [1.29, 1.82) is 0 Å². The first-order valence-electron chi connectivity index (χ1n) is 3.20. The Morgan fingerprint density at radius 1 is 1.55 bits per heavy atom. The Hall–Kier alpha value is -0.610.